The fraction of sp³-hybridized carbons (Fsp3) is 0.400. The number of rotatable bonds is 5. The van der Waals surface area contributed by atoms with Crippen molar-refractivity contribution in [3.63, 3.8) is 0 Å². The Morgan fingerprint density at radius 1 is 1.46 bits per heavy atom. The van der Waals surface area contributed by atoms with Gasteiger partial charge in [-0.25, -0.2) is 9.78 Å². The second-order valence-electron chi connectivity index (χ2n) is 5.94. The number of nitrogens with one attached hydrogen (secondary N) is 2. The minimum absolute atomic E-state index is 0.199. The van der Waals surface area contributed by atoms with Crippen molar-refractivity contribution >= 4 is 44.4 Å². The van der Waals surface area contributed by atoms with E-state index < -0.39 is 23.6 Å². The van der Waals surface area contributed by atoms with Gasteiger partial charge in [-0.1, -0.05) is 11.3 Å². The molecule has 9 heteroatoms. The van der Waals surface area contributed by atoms with Crippen LogP contribution in [0.3, 0.4) is 0 Å². The molecule has 2 aromatic heterocycles. The van der Waals surface area contributed by atoms with Gasteiger partial charge in [0.15, 0.2) is 5.13 Å². The van der Waals surface area contributed by atoms with Gasteiger partial charge in [-0.3, -0.25) is 4.79 Å². The van der Waals surface area contributed by atoms with Gasteiger partial charge >= 0.3 is 6.09 Å². The van der Waals surface area contributed by atoms with Crippen LogP contribution in [-0.4, -0.2) is 28.6 Å². The second kappa shape index (κ2) is 7.80. The summed E-state index contributed by atoms with van der Waals surface area (Å²) in [5.74, 6) is 0.172. The highest BCUT2D eigenvalue weighted by atomic mass is 79.9. The zero-order valence-corrected chi connectivity index (χ0v) is 15.9. The van der Waals surface area contributed by atoms with E-state index in [9.17, 15) is 9.59 Å². The third-order valence-electron chi connectivity index (χ3n) is 2.70. The Kier molecular flexibility index (Phi) is 6.00. The van der Waals surface area contributed by atoms with E-state index in [1.54, 1.807) is 39.1 Å². The molecular weight excluding hydrogens is 398 g/mol. The number of amides is 2. The van der Waals surface area contributed by atoms with Crippen LogP contribution in [0.4, 0.5) is 9.93 Å². The van der Waals surface area contributed by atoms with Crippen LogP contribution in [0.5, 0.6) is 0 Å². The van der Waals surface area contributed by atoms with Gasteiger partial charge in [0.25, 0.3) is 0 Å². The Morgan fingerprint density at radius 2 is 2.21 bits per heavy atom. The van der Waals surface area contributed by atoms with Gasteiger partial charge < -0.3 is 19.8 Å². The average Bonchev–Trinajstić information content (AvgIpc) is 3.08. The number of halogens is 1. The van der Waals surface area contributed by atoms with E-state index in [1.807, 2.05) is 0 Å². The lowest BCUT2D eigenvalue weighted by Gasteiger charge is -2.22. The third kappa shape index (κ3) is 5.97. The van der Waals surface area contributed by atoms with Crippen molar-refractivity contribution in [2.24, 2.45) is 0 Å². The molecule has 1 unspecified atom stereocenters. The van der Waals surface area contributed by atoms with Crippen LogP contribution in [0, 0.1) is 0 Å². The summed E-state index contributed by atoms with van der Waals surface area (Å²) in [6.07, 6.45) is 2.62. The molecule has 0 saturated heterocycles. The maximum absolute atomic E-state index is 12.5. The van der Waals surface area contributed by atoms with E-state index >= 15 is 0 Å². The summed E-state index contributed by atoms with van der Waals surface area (Å²) in [6.45, 7) is 5.25. The molecule has 0 aliphatic rings. The van der Waals surface area contributed by atoms with Crippen LogP contribution >= 0.6 is 27.3 Å². The molecule has 0 aromatic carbocycles. The molecule has 1 atom stereocenters. The van der Waals surface area contributed by atoms with Crippen molar-refractivity contribution in [1.29, 1.82) is 0 Å². The minimum atomic E-state index is -0.853. The summed E-state index contributed by atoms with van der Waals surface area (Å²) in [6, 6.07) is 2.60. The molecular formula is C15H18BrN3O4S. The quantitative estimate of drug-likeness (QED) is 0.777. The van der Waals surface area contributed by atoms with Gasteiger partial charge in [0, 0.05) is 6.42 Å². The Hall–Kier alpha value is -1.87. The number of ether oxygens (including phenoxy) is 1. The molecule has 2 aromatic rings. The van der Waals surface area contributed by atoms with E-state index in [-0.39, 0.29) is 6.42 Å². The molecule has 2 N–H and O–H groups in total. The van der Waals surface area contributed by atoms with Crippen molar-refractivity contribution in [1.82, 2.24) is 10.3 Å². The zero-order chi connectivity index (χ0) is 17.7. The van der Waals surface area contributed by atoms with E-state index in [4.69, 9.17) is 9.15 Å². The van der Waals surface area contributed by atoms with Crippen molar-refractivity contribution < 1.29 is 18.7 Å². The van der Waals surface area contributed by atoms with Gasteiger partial charge in [0.05, 0.1) is 16.2 Å². The highest BCUT2D eigenvalue weighted by Gasteiger charge is 2.26. The van der Waals surface area contributed by atoms with Crippen molar-refractivity contribution in [2.45, 2.75) is 38.8 Å². The van der Waals surface area contributed by atoms with Gasteiger partial charge in [0.2, 0.25) is 5.91 Å². The highest BCUT2D eigenvalue weighted by molar-refractivity contribution is 9.11. The lowest BCUT2D eigenvalue weighted by atomic mass is 10.1. The maximum Gasteiger partial charge on any atom is 0.408 e. The van der Waals surface area contributed by atoms with E-state index in [2.05, 4.69) is 31.5 Å². The Labute approximate surface area is 151 Å². The Morgan fingerprint density at radius 3 is 2.75 bits per heavy atom. The van der Waals surface area contributed by atoms with Crippen molar-refractivity contribution in [2.75, 3.05) is 5.32 Å². The largest absolute Gasteiger partial charge is 0.469 e. The number of hydrogen-bond donors (Lipinski definition) is 2. The number of hydrogen-bond acceptors (Lipinski definition) is 6. The second-order valence-corrected chi connectivity index (χ2v) is 8.35. The number of furan rings is 1. The van der Waals surface area contributed by atoms with Gasteiger partial charge in [-0.15, -0.1) is 0 Å². The fourth-order valence-corrected chi connectivity index (χ4v) is 2.90. The van der Waals surface area contributed by atoms with Crippen LogP contribution in [0.2, 0.25) is 0 Å². The van der Waals surface area contributed by atoms with E-state index in [0.29, 0.717) is 10.9 Å². The van der Waals surface area contributed by atoms with Gasteiger partial charge in [-0.2, -0.15) is 0 Å². The van der Waals surface area contributed by atoms with Gasteiger partial charge in [-0.05, 0) is 48.8 Å². The number of thiazole rings is 1. The van der Waals surface area contributed by atoms with Crippen LogP contribution in [0.1, 0.15) is 26.5 Å². The van der Waals surface area contributed by atoms with Crippen LogP contribution in [-0.2, 0) is 16.0 Å². The summed E-state index contributed by atoms with van der Waals surface area (Å²) in [4.78, 5) is 28.5. The molecule has 0 aliphatic heterocycles. The van der Waals surface area contributed by atoms with E-state index in [0.717, 1.165) is 3.79 Å². The molecule has 0 radical (unpaired) electrons. The summed E-state index contributed by atoms with van der Waals surface area (Å²) >= 11 is 4.56. The Balaban J connectivity index is 2.06. The first-order valence-corrected chi connectivity index (χ1v) is 8.78. The molecule has 0 fully saturated rings. The predicted octanol–water partition coefficient (Wildman–Crippen LogP) is 3.57. The number of alkyl carbamates (subject to hydrolysis) is 1. The van der Waals surface area contributed by atoms with Crippen LogP contribution in [0.15, 0.2) is 32.8 Å². The standard InChI is InChI=1S/C15H18BrN3O4S/c1-15(2,3)23-14(21)18-10(7-9-5-4-6-22-9)12(20)19-13-17-8-11(16)24-13/h4-6,8,10H,7H2,1-3H3,(H,18,21)(H,17,19,20). The van der Waals surface area contributed by atoms with Crippen LogP contribution < -0.4 is 10.6 Å². The first-order valence-electron chi connectivity index (χ1n) is 7.17. The first kappa shape index (κ1) is 18.5. The summed E-state index contributed by atoms with van der Waals surface area (Å²) in [5.41, 5.74) is -0.657. The van der Waals surface area contributed by atoms with Gasteiger partial charge in [0.1, 0.15) is 17.4 Å². The van der Waals surface area contributed by atoms with Crippen molar-refractivity contribution in [3.8, 4) is 0 Å². The van der Waals surface area contributed by atoms with Crippen LogP contribution in [0.25, 0.3) is 0 Å². The lowest BCUT2D eigenvalue weighted by Crippen LogP contribution is -2.47. The first-order chi connectivity index (χ1) is 11.2. The fourth-order valence-electron chi connectivity index (χ4n) is 1.79. The molecule has 2 amide bonds. The summed E-state index contributed by atoms with van der Waals surface area (Å²) < 4.78 is 11.3. The third-order valence-corrected chi connectivity index (χ3v) is 4.09. The number of carbonyl (C=O) groups is 2. The predicted molar refractivity (Wildman–Crippen MR) is 94.0 cm³/mol. The number of nitrogens with zero attached hydrogens (tertiary/aromatic N) is 1. The number of anilines is 1. The molecule has 0 saturated carbocycles. The molecule has 2 heterocycles. The minimum Gasteiger partial charge on any atom is -0.469 e. The topological polar surface area (TPSA) is 93.5 Å². The lowest BCUT2D eigenvalue weighted by molar-refractivity contribution is -0.118. The molecule has 2 rings (SSSR count). The number of aromatic nitrogens is 1. The summed E-state index contributed by atoms with van der Waals surface area (Å²) in [7, 11) is 0. The zero-order valence-electron chi connectivity index (χ0n) is 13.5. The maximum atomic E-state index is 12.5. The van der Waals surface area contributed by atoms with E-state index in [1.165, 1.54) is 17.6 Å². The Bertz CT molecular complexity index is 694. The normalized spacial score (nSPS) is 12.5. The monoisotopic (exact) mass is 415 g/mol. The van der Waals surface area contributed by atoms with Crippen molar-refractivity contribution in [3.05, 3.63) is 34.1 Å². The SMILES string of the molecule is CC(C)(C)OC(=O)NC(Cc1ccco1)C(=O)Nc1ncc(Br)s1. The molecule has 0 aliphatic carbocycles. The molecule has 0 bridgehead atoms. The molecule has 7 nitrogen and oxygen atoms in total. The average molecular weight is 416 g/mol. The smallest absolute Gasteiger partial charge is 0.408 e. The highest BCUT2D eigenvalue weighted by Crippen LogP contribution is 2.23. The summed E-state index contributed by atoms with van der Waals surface area (Å²) in [5, 5.41) is 5.67. The molecule has 0 spiro atoms. The molecule has 24 heavy (non-hydrogen) atoms. The molecule has 130 valence electrons. The number of carbonyl (C=O) groups excluding carboxylic acids is 2.